The van der Waals surface area contributed by atoms with Gasteiger partial charge >= 0.3 is 0 Å². The van der Waals surface area contributed by atoms with E-state index in [2.05, 4.69) is 30.6 Å². The molecular formula is C24H28N2O3. The summed E-state index contributed by atoms with van der Waals surface area (Å²) in [6, 6.07) is 14.2. The van der Waals surface area contributed by atoms with E-state index >= 15 is 0 Å². The number of benzene rings is 2. The van der Waals surface area contributed by atoms with Gasteiger partial charge < -0.3 is 15.4 Å². The minimum absolute atomic E-state index is 0.0601. The van der Waals surface area contributed by atoms with Gasteiger partial charge in [0.1, 0.15) is 5.75 Å². The first-order valence-corrected chi connectivity index (χ1v) is 9.75. The van der Waals surface area contributed by atoms with Crippen molar-refractivity contribution in [3.63, 3.8) is 0 Å². The van der Waals surface area contributed by atoms with Crippen LogP contribution in [-0.4, -0.2) is 18.9 Å². The van der Waals surface area contributed by atoms with Crippen LogP contribution in [0.4, 0.5) is 11.4 Å². The Hall–Kier alpha value is -3.08. The molecule has 1 aliphatic rings. The van der Waals surface area contributed by atoms with Gasteiger partial charge in [-0.25, -0.2) is 0 Å². The highest BCUT2D eigenvalue weighted by Gasteiger charge is 2.60. The van der Waals surface area contributed by atoms with Crippen molar-refractivity contribution in [1.29, 1.82) is 0 Å². The highest BCUT2D eigenvalue weighted by Crippen LogP contribution is 2.59. The van der Waals surface area contributed by atoms with Crippen LogP contribution < -0.4 is 15.4 Å². The van der Waals surface area contributed by atoms with Gasteiger partial charge in [0.15, 0.2) is 0 Å². The molecule has 1 saturated carbocycles. The van der Waals surface area contributed by atoms with Crippen molar-refractivity contribution < 1.29 is 14.3 Å². The number of allylic oxidation sites excluding steroid dienone is 2. The number of carbonyl (C=O) groups is 2. The van der Waals surface area contributed by atoms with E-state index in [0.29, 0.717) is 22.7 Å². The van der Waals surface area contributed by atoms with Crippen LogP contribution in [0.3, 0.4) is 0 Å². The molecule has 0 aliphatic heterocycles. The molecule has 2 aromatic carbocycles. The van der Waals surface area contributed by atoms with E-state index in [1.54, 1.807) is 43.5 Å². The van der Waals surface area contributed by atoms with E-state index in [1.165, 1.54) is 5.57 Å². The van der Waals surface area contributed by atoms with Gasteiger partial charge in [0.25, 0.3) is 5.91 Å². The number of carbonyl (C=O) groups excluding carboxylic acids is 2. The van der Waals surface area contributed by atoms with Crippen molar-refractivity contribution in [1.82, 2.24) is 0 Å². The largest absolute Gasteiger partial charge is 0.495 e. The van der Waals surface area contributed by atoms with Crippen LogP contribution in [0.15, 0.2) is 60.2 Å². The molecule has 2 unspecified atom stereocenters. The molecule has 0 bridgehead atoms. The fourth-order valence-corrected chi connectivity index (χ4v) is 3.79. The maximum absolute atomic E-state index is 12.9. The molecule has 2 atom stereocenters. The van der Waals surface area contributed by atoms with E-state index in [4.69, 9.17) is 4.74 Å². The highest BCUT2D eigenvalue weighted by molar-refractivity contribution is 6.11. The number of nitrogens with one attached hydrogen (secondary N) is 2. The summed E-state index contributed by atoms with van der Waals surface area (Å²) in [5.41, 5.74) is 2.60. The van der Waals surface area contributed by atoms with Crippen molar-refractivity contribution in [2.75, 3.05) is 17.7 Å². The SMILES string of the molecule is COc1ccccc1NC(=O)c1ccccc1NC(=O)C1C(C=C(C)C)C1(C)C. The molecule has 0 saturated heterocycles. The van der Waals surface area contributed by atoms with Crippen LogP contribution in [0.5, 0.6) is 5.75 Å². The summed E-state index contributed by atoms with van der Waals surface area (Å²) < 4.78 is 5.29. The molecule has 2 N–H and O–H groups in total. The van der Waals surface area contributed by atoms with Gasteiger partial charge in [-0.15, -0.1) is 0 Å². The highest BCUT2D eigenvalue weighted by atomic mass is 16.5. The van der Waals surface area contributed by atoms with Gasteiger partial charge in [-0.05, 0) is 49.4 Å². The third-order valence-corrected chi connectivity index (χ3v) is 5.49. The molecule has 0 heterocycles. The monoisotopic (exact) mass is 392 g/mol. The van der Waals surface area contributed by atoms with Crippen LogP contribution in [0.1, 0.15) is 38.1 Å². The second-order valence-corrected chi connectivity index (χ2v) is 8.26. The van der Waals surface area contributed by atoms with Crippen molar-refractivity contribution >= 4 is 23.2 Å². The van der Waals surface area contributed by atoms with Crippen molar-refractivity contribution in [3.05, 3.63) is 65.7 Å². The summed E-state index contributed by atoms with van der Waals surface area (Å²) >= 11 is 0. The van der Waals surface area contributed by atoms with Gasteiger partial charge in [-0.1, -0.05) is 49.8 Å². The minimum atomic E-state index is -0.304. The lowest BCUT2D eigenvalue weighted by atomic mass is 10.1. The third-order valence-electron chi connectivity index (χ3n) is 5.49. The summed E-state index contributed by atoms with van der Waals surface area (Å²) in [7, 11) is 1.55. The number of anilines is 2. The Bertz CT molecular complexity index is 958. The molecule has 2 aromatic rings. The van der Waals surface area contributed by atoms with Gasteiger partial charge in [0.05, 0.1) is 30.0 Å². The average molecular weight is 392 g/mol. The van der Waals surface area contributed by atoms with Crippen LogP contribution in [0, 0.1) is 17.3 Å². The standard InChI is InChI=1S/C24H28N2O3/c1-15(2)14-17-21(24(17,3)4)23(28)25-18-11-7-6-10-16(18)22(27)26-19-12-8-9-13-20(19)29-5/h6-14,17,21H,1-5H3,(H,25,28)(H,26,27). The maximum Gasteiger partial charge on any atom is 0.257 e. The normalized spacial score (nSPS) is 19.1. The second kappa shape index (κ2) is 8.11. The molecule has 5 heteroatoms. The topological polar surface area (TPSA) is 67.4 Å². The molecule has 2 amide bonds. The number of ether oxygens (including phenoxy) is 1. The first kappa shape index (κ1) is 20.6. The lowest BCUT2D eigenvalue weighted by molar-refractivity contribution is -0.118. The number of hydrogen-bond donors (Lipinski definition) is 2. The summed E-state index contributed by atoms with van der Waals surface area (Å²) in [6.45, 7) is 8.28. The molecule has 3 rings (SSSR count). The van der Waals surface area contributed by atoms with E-state index in [0.717, 1.165) is 0 Å². The van der Waals surface area contributed by atoms with Gasteiger partial charge in [0, 0.05) is 0 Å². The molecule has 0 spiro atoms. The Labute approximate surface area is 172 Å². The fourth-order valence-electron chi connectivity index (χ4n) is 3.79. The van der Waals surface area contributed by atoms with Gasteiger partial charge in [-0.3, -0.25) is 9.59 Å². The Morgan fingerprint density at radius 1 is 0.966 bits per heavy atom. The van der Waals surface area contributed by atoms with E-state index in [1.807, 2.05) is 26.0 Å². The van der Waals surface area contributed by atoms with Gasteiger partial charge in [-0.2, -0.15) is 0 Å². The molecule has 0 aromatic heterocycles. The van der Waals surface area contributed by atoms with Crippen LogP contribution >= 0.6 is 0 Å². The average Bonchev–Trinajstić information content (AvgIpc) is 3.21. The van der Waals surface area contributed by atoms with Crippen LogP contribution in [-0.2, 0) is 4.79 Å². The zero-order valence-corrected chi connectivity index (χ0v) is 17.6. The molecular weight excluding hydrogens is 364 g/mol. The fraction of sp³-hybridized carbons (Fsp3) is 0.333. The van der Waals surface area contributed by atoms with Gasteiger partial charge in [0.2, 0.25) is 5.91 Å². The quantitative estimate of drug-likeness (QED) is 0.670. The van der Waals surface area contributed by atoms with Crippen molar-refractivity contribution in [2.24, 2.45) is 17.3 Å². The van der Waals surface area contributed by atoms with Crippen molar-refractivity contribution in [3.8, 4) is 5.75 Å². The Morgan fingerprint density at radius 2 is 1.59 bits per heavy atom. The maximum atomic E-state index is 12.9. The Balaban J connectivity index is 1.78. The third kappa shape index (κ3) is 4.34. The van der Waals surface area contributed by atoms with Crippen molar-refractivity contribution in [2.45, 2.75) is 27.7 Å². The number of para-hydroxylation sites is 3. The van der Waals surface area contributed by atoms with Crippen LogP contribution in [0.2, 0.25) is 0 Å². The van der Waals surface area contributed by atoms with E-state index in [9.17, 15) is 9.59 Å². The predicted octanol–water partition coefficient (Wildman–Crippen LogP) is 5.12. The summed E-state index contributed by atoms with van der Waals surface area (Å²) in [5.74, 6) is 0.313. The van der Waals surface area contributed by atoms with E-state index < -0.39 is 0 Å². The molecule has 5 nitrogen and oxygen atoms in total. The molecule has 29 heavy (non-hydrogen) atoms. The number of rotatable bonds is 6. The smallest absolute Gasteiger partial charge is 0.257 e. The first-order chi connectivity index (χ1) is 13.8. The number of hydrogen-bond acceptors (Lipinski definition) is 3. The zero-order chi connectivity index (χ0) is 21.2. The Kier molecular flexibility index (Phi) is 5.78. The Morgan fingerprint density at radius 3 is 2.24 bits per heavy atom. The number of amides is 2. The lowest BCUT2D eigenvalue weighted by Gasteiger charge is -2.13. The predicted molar refractivity (Wildman–Crippen MR) is 116 cm³/mol. The number of methoxy groups -OCH3 is 1. The first-order valence-electron chi connectivity index (χ1n) is 9.75. The molecule has 1 aliphatic carbocycles. The zero-order valence-electron chi connectivity index (χ0n) is 17.6. The lowest BCUT2D eigenvalue weighted by Crippen LogP contribution is -2.21. The molecule has 1 fully saturated rings. The molecule has 0 radical (unpaired) electrons. The summed E-state index contributed by atoms with van der Waals surface area (Å²) in [4.78, 5) is 25.8. The second-order valence-electron chi connectivity index (χ2n) is 8.26. The molecule has 152 valence electrons. The van der Waals surface area contributed by atoms with E-state index in [-0.39, 0.29) is 29.1 Å². The summed E-state index contributed by atoms with van der Waals surface area (Å²) in [5, 5.41) is 5.83. The summed E-state index contributed by atoms with van der Waals surface area (Å²) in [6.07, 6.45) is 2.16. The van der Waals surface area contributed by atoms with Crippen LogP contribution in [0.25, 0.3) is 0 Å². The minimum Gasteiger partial charge on any atom is -0.495 e.